The van der Waals surface area contributed by atoms with Crippen LogP contribution in [0.4, 0.5) is 10.1 Å². The topological polar surface area (TPSA) is 24.5 Å². The van der Waals surface area contributed by atoms with E-state index in [1.165, 1.54) is 6.07 Å². The summed E-state index contributed by atoms with van der Waals surface area (Å²) in [7, 11) is 1.96. The molecule has 1 fully saturated rings. The molecule has 0 spiro atoms. The molecular formula is C15H23FN2O. The van der Waals surface area contributed by atoms with Gasteiger partial charge in [0.2, 0.25) is 0 Å². The lowest BCUT2D eigenvalue weighted by atomic mass is 10.1. The normalized spacial score (nSPS) is 22.7. The van der Waals surface area contributed by atoms with Gasteiger partial charge in [0.05, 0.1) is 17.8 Å². The zero-order valence-corrected chi connectivity index (χ0v) is 11.9. The molecule has 1 aliphatic heterocycles. The number of rotatable bonds is 5. The Kier molecular flexibility index (Phi) is 4.77. The third kappa shape index (κ3) is 3.07. The van der Waals surface area contributed by atoms with Gasteiger partial charge in [0, 0.05) is 20.2 Å². The highest BCUT2D eigenvalue weighted by Gasteiger charge is 2.30. The van der Waals surface area contributed by atoms with Crippen LogP contribution in [0.1, 0.15) is 25.8 Å². The molecule has 4 heteroatoms. The van der Waals surface area contributed by atoms with Crippen molar-refractivity contribution in [3.63, 3.8) is 0 Å². The fraction of sp³-hybridized carbons (Fsp3) is 0.600. The summed E-state index contributed by atoms with van der Waals surface area (Å²) in [6.45, 7) is 6.43. The predicted octanol–water partition coefficient (Wildman–Crippen LogP) is 2.55. The Morgan fingerprint density at radius 3 is 2.89 bits per heavy atom. The largest absolute Gasteiger partial charge is 0.376 e. The Labute approximate surface area is 114 Å². The zero-order valence-electron chi connectivity index (χ0n) is 11.9. The van der Waals surface area contributed by atoms with E-state index in [9.17, 15) is 4.39 Å². The lowest BCUT2D eigenvalue weighted by molar-refractivity contribution is 0.118. The van der Waals surface area contributed by atoms with Crippen molar-refractivity contribution < 1.29 is 9.13 Å². The molecule has 0 aromatic heterocycles. The average molecular weight is 266 g/mol. The van der Waals surface area contributed by atoms with Gasteiger partial charge in [-0.05, 0) is 31.5 Å². The molecule has 2 rings (SSSR count). The van der Waals surface area contributed by atoms with E-state index in [1.54, 1.807) is 6.07 Å². The van der Waals surface area contributed by atoms with Crippen LogP contribution in [0.5, 0.6) is 0 Å². The van der Waals surface area contributed by atoms with Crippen LogP contribution in [0.25, 0.3) is 0 Å². The first-order chi connectivity index (χ1) is 9.15. The summed E-state index contributed by atoms with van der Waals surface area (Å²) in [5, 5.41) is 3.26. The molecule has 1 aliphatic rings. The lowest BCUT2D eigenvalue weighted by Crippen LogP contribution is -2.38. The van der Waals surface area contributed by atoms with Crippen molar-refractivity contribution in [2.75, 3.05) is 25.1 Å². The Hall–Kier alpha value is -1.13. The maximum atomic E-state index is 14.2. The fourth-order valence-electron chi connectivity index (χ4n) is 2.75. The summed E-state index contributed by atoms with van der Waals surface area (Å²) in [4.78, 5) is 2.04. The zero-order chi connectivity index (χ0) is 13.8. The van der Waals surface area contributed by atoms with Crippen molar-refractivity contribution in [2.45, 2.75) is 39.0 Å². The van der Waals surface area contributed by atoms with Crippen LogP contribution in [0, 0.1) is 5.82 Å². The number of para-hydroxylation sites is 1. The van der Waals surface area contributed by atoms with Gasteiger partial charge in [-0.15, -0.1) is 0 Å². The van der Waals surface area contributed by atoms with Gasteiger partial charge in [-0.3, -0.25) is 0 Å². The molecule has 106 valence electrons. The van der Waals surface area contributed by atoms with Crippen LogP contribution in [0.15, 0.2) is 18.2 Å². The fourth-order valence-corrected chi connectivity index (χ4v) is 2.75. The molecule has 2 atom stereocenters. The maximum absolute atomic E-state index is 14.2. The van der Waals surface area contributed by atoms with Gasteiger partial charge in [-0.1, -0.05) is 19.1 Å². The summed E-state index contributed by atoms with van der Waals surface area (Å²) >= 11 is 0. The van der Waals surface area contributed by atoms with Crippen molar-refractivity contribution in [3.8, 4) is 0 Å². The van der Waals surface area contributed by atoms with Crippen LogP contribution >= 0.6 is 0 Å². The van der Waals surface area contributed by atoms with Crippen LogP contribution in [0.2, 0.25) is 0 Å². The molecule has 0 bridgehead atoms. The Bertz CT molecular complexity index is 425. The second kappa shape index (κ2) is 6.35. The maximum Gasteiger partial charge on any atom is 0.146 e. The minimum absolute atomic E-state index is 0.150. The number of ether oxygens (including phenoxy) is 1. The van der Waals surface area contributed by atoms with E-state index in [2.05, 4.69) is 19.2 Å². The average Bonchev–Trinajstić information content (AvgIpc) is 2.82. The Morgan fingerprint density at radius 1 is 1.47 bits per heavy atom. The second-order valence-electron chi connectivity index (χ2n) is 5.07. The van der Waals surface area contributed by atoms with Crippen LogP contribution < -0.4 is 10.2 Å². The molecule has 0 saturated carbocycles. The van der Waals surface area contributed by atoms with E-state index in [4.69, 9.17) is 4.74 Å². The third-order valence-electron chi connectivity index (χ3n) is 3.82. The molecule has 0 radical (unpaired) electrons. The first-order valence-electron chi connectivity index (χ1n) is 6.97. The molecule has 1 saturated heterocycles. The van der Waals surface area contributed by atoms with Crippen molar-refractivity contribution in [3.05, 3.63) is 29.6 Å². The quantitative estimate of drug-likeness (QED) is 0.886. The number of anilines is 1. The summed E-state index contributed by atoms with van der Waals surface area (Å²) in [5.41, 5.74) is 1.70. The van der Waals surface area contributed by atoms with Gasteiger partial charge in [-0.2, -0.15) is 0 Å². The van der Waals surface area contributed by atoms with Crippen molar-refractivity contribution in [1.29, 1.82) is 0 Å². The monoisotopic (exact) mass is 266 g/mol. The van der Waals surface area contributed by atoms with Gasteiger partial charge < -0.3 is 15.0 Å². The summed E-state index contributed by atoms with van der Waals surface area (Å²) in [5.74, 6) is -0.156. The number of halogens is 1. The highest BCUT2D eigenvalue weighted by Crippen LogP contribution is 2.29. The third-order valence-corrected chi connectivity index (χ3v) is 3.82. The molecule has 0 amide bonds. The molecule has 1 aromatic rings. The van der Waals surface area contributed by atoms with Gasteiger partial charge in [0.1, 0.15) is 5.82 Å². The highest BCUT2D eigenvalue weighted by atomic mass is 19.1. The number of hydrogen-bond acceptors (Lipinski definition) is 3. The standard InChI is InChI=1S/C15H23FN2O/c1-4-17-10-12-6-5-7-13(16)15(12)18(3)14-8-9-19-11(14)2/h5-7,11,14,17H,4,8-10H2,1-3H3. The Morgan fingerprint density at radius 2 is 2.26 bits per heavy atom. The lowest BCUT2D eigenvalue weighted by Gasteiger charge is -2.31. The van der Waals surface area contributed by atoms with E-state index in [0.717, 1.165) is 25.1 Å². The second-order valence-corrected chi connectivity index (χ2v) is 5.07. The van der Waals surface area contributed by atoms with Crippen molar-refractivity contribution >= 4 is 5.69 Å². The van der Waals surface area contributed by atoms with Crippen molar-refractivity contribution in [2.24, 2.45) is 0 Å². The SMILES string of the molecule is CCNCc1cccc(F)c1N(C)C1CCOC1C. The predicted molar refractivity (Wildman–Crippen MR) is 76.0 cm³/mol. The number of likely N-dealkylation sites (N-methyl/N-ethyl adjacent to an activating group) is 1. The van der Waals surface area contributed by atoms with Gasteiger partial charge in [-0.25, -0.2) is 4.39 Å². The van der Waals surface area contributed by atoms with E-state index >= 15 is 0 Å². The Balaban J connectivity index is 2.26. The van der Waals surface area contributed by atoms with Gasteiger partial charge in [0.25, 0.3) is 0 Å². The van der Waals surface area contributed by atoms with Crippen LogP contribution in [-0.4, -0.2) is 32.3 Å². The molecule has 0 aliphatic carbocycles. The molecule has 1 aromatic carbocycles. The summed E-state index contributed by atoms with van der Waals surface area (Å²) in [6.07, 6.45) is 1.10. The molecule has 1 N–H and O–H groups in total. The van der Waals surface area contributed by atoms with Gasteiger partial charge >= 0.3 is 0 Å². The van der Waals surface area contributed by atoms with Crippen molar-refractivity contribution in [1.82, 2.24) is 5.32 Å². The van der Waals surface area contributed by atoms with E-state index in [0.29, 0.717) is 12.2 Å². The van der Waals surface area contributed by atoms with E-state index in [1.807, 2.05) is 18.0 Å². The number of nitrogens with one attached hydrogen (secondary N) is 1. The molecule has 19 heavy (non-hydrogen) atoms. The van der Waals surface area contributed by atoms with Crippen LogP contribution in [0.3, 0.4) is 0 Å². The molecule has 3 nitrogen and oxygen atoms in total. The molecule has 2 unspecified atom stereocenters. The minimum atomic E-state index is -0.156. The first kappa shape index (κ1) is 14.3. The van der Waals surface area contributed by atoms with Gasteiger partial charge in [0.15, 0.2) is 0 Å². The molecule has 1 heterocycles. The smallest absolute Gasteiger partial charge is 0.146 e. The molecular weight excluding hydrogens is 243 g/mol. The number of hydrogen-bond donors (Lipinski definition) is 1. The first-order valence-corrected chi connectivity index (χ1v) is 6.97. The highest BCUT2D eigenvalue weighted by molar-refractivity contribution is 5.55. The summed E-state index contributed by atoms with van der Waals surface area (Å²) < 4.78 is 19.8. The van der Waals surface area contributed by atoms with E-state index < -0.39 is 0 Å². The minimum Gasteiger partial charge on any atom is -0.376 e. The van der Waals surface area contributed by atoms with E-state index in [-0.39, 0.29) is 18.0 Å². The summed E-state index contributed by atoms with van der Waals surface area (Å²) in [6, 6.07) is 5.53. The van der Waals surface area contributed by atoms with Crippen LogP contribution in [-0.2, 0) is 11.3 Å². The number of nitrogens with zero attached hydrogens (tertiary/aromatic N) is 1. The number of benzene rings is 1.